The molecule has 0 unspecified atom stereocenters. The molecule has 3 aromatic rings. The van der Waals surface area contributed by atoms with E-state index in [4.69, 9.17) is 4.74 Å². The maximum atomic E-state index is 12.7. The van der Waals surface area contributed by atoms with Crippen LogP contribution >= 0.6 is 0 Å². The first-order valence-corrected chi connectivity index (χ1v) is 10.4. The van der Waals surface area contributed by atoms with Crippen molar-refractivity contribution in [3.8, 4) is 5.75 Å². The molecule has 158 valence electrons. The van der Waals surface area contributed by atoms with Gasteiger partial charge in [0.15, 0.2) is 0 Å². The minimum Gasteiger partial charge on any atom is -0.492 e. The van der Waals surface area contributed by atoms with Crippen molar-refractivity contribution in [1.29, 1.82) is 0 Å². The number of fused-ring (bicyclic) bond motifs is 1. The first-order valence-electron chi connectivity index (χ1n) is 10.4. The smallest absolute Gasteiger partial charge is 0.255 e. The molecule has 3 aromatic carbocycles. The predicted molar refractivity (Wildman–Crippen MR) is 121 cm³/mol. The number of anilines is 1. The van der Waals surface area contributed by atoms with E-state index in [0.717, 1.165) is 22.4 Å². The zero-order valence-corrected chi connectivity index (χ0v) is 17.8. The van der Waals surface area contributed by atoms with Gasteiger partial charge in [-0.2, -0.15) is 0 Å². The first-order chi connectivity index (χ1) is 15.0. The second-order valence-electron chi connectivity index (χ2n) is 8.06. The lowest BCUT2D eigenvalue weighted by Gasteiger charge is -2.25. The normalized spacial score (nSPS) is 14.8. The monoisotopic (exact) mass is 414 g/mol. The second kappa shape index (κ2) is 9.04. The van der Waals surface area contributed by atoms with Gasteiger partial charge >= 0.3 is 0 Å². The van der Waals surface area contributed by atoms with Crippen LogP contribution in [0.25, 0.3) is 0 Å². The fourth-order valence-corrected chi connectivity index (χ4v) is 3.59. The summed E-state index contributed by atoms with van der Waals surface area (Å²) in [4.78, 5) is 25.2. The van der Waals surface area contributed by atoms with E-state index in [0.29, 0.717) is 30.8 Å². The van der Waals surface area contributed by atoms with Crippen molar-refractivity contribution in [1.82, 2.24) is 5.32 Å². The van der Waals surface area contributed by atoms with Crippen LogP contribution in [0.5, 0.6) is 5.75 Å². The van der Waals surface area contributed by atoms with Crippen molar-refractivity contribution >= 4 is 17.5 Å². The van der Waals surface area contributed by atoms with E-state index >= 15 is 0 Å². The van der Waals surface area contributed by atoms with Crippen LogP contribution in [0.15, 0.2) is 66.7 Å². The average molecular weight is 415 g/mol. The third-order valence-corrected chi connectivity index (χ3v) is 5.50. The molecule has 31 heavy (non-hydrogen) atoms. The van der Waals surface area contributed by atoms with Gasteiger partial charge in [-0.15, -0.1) is 0 Å². The van der Waals surface area contributed by atoms with E-state index in [1.165, 1.54) is 5.56 Å². The van der Waals surface area contributed by atoms with Gasteiger partial charge in [0.05, 0.1) is 5.92 Å². The molecule has 4 rings (SSSR count). The lowest BCUT2D eigenvalue weighted by molar-refractivity contribution is -0.126. The number of carbonyl (C=O) groups excluding carboxylic acids is 2. The van der Waals surface area contributed by atoms with E-state index < -0.39 is 0 Å². The van der Waals surface area contributed by atoms with Gasteiger partial charge in [0.25, 0.3) is 5.91 Å². The number of aryl methyl sites for hydroxylation is 2. The van der Waals surface area contributed by atoms with Crippen molar-refractivity contribution in [2.24, 2.45) is 5.92 Å². The molecule has 5 heteroatoms. The molecule has 5 nitrogen and oxygen atoms in total. The Morgan fingerprint density at radius 3 is 2.32 bits per heavy atom. The number of rotatable bonds is 5. The minimum atomic E-state index is -0.263. The molecule has 1 atom stereocenters. The van der Waals surface area contributed by atoms with E-state index in [1.807, 2.05) is 68.4 Å². The molecule has 0 radical (unpaired) electrons. The van der Waals surface area contributed by atoms with Gasteiger partial charge in [0.1, 0.15) is 12.4 Å². The highest BCUT2D eigenvalue weighted by atomic mass is 16.5. The van der Waals surface area contributed by atoms with Gasteiger partial charge in [0, 0.05) is 17.8 Å². The summed E-state index contributed by atoms with van der Waals surface area (Å²) in [5, 5.41) is 5.93. The highest BCUT2D eigenvalue weighted by Crippen LogP contribution is 2.30. The lowest BCUT2D eigenvalue weighted by atomic mass is 9.95. The summed E-state index contributed by atoms with van der Waals surface area (Å²) in [6, 6.07) is 21.1. The molecule has 0 spiro atoms. The fraction of sp³-hybridized carbons (Fsp3) is 0.231. The maximum absolute atomic E-state index is 12.7. The highest BCUT2D eigenvalue weighted by molar-refractivity contribution is 6.04. The van der Waals surface area contributed by atoms with Crippen LogP contribution in [0.3, 0.4) is 0 Å². The van der Waals surface area contributed by atoms with Gasteiger partial charge in [-0.25, -0.2) is 0 Å². The molecule has 1 aliphatic heterocycles. The van der Waals surface area contributed by atoms with Gasteiger partial charge in [-0.05, 0) is 61.7 Å². The number of benzene rings is 3. The standard InChI is InChI=1S/C26H26N2O3/c1-17-3-7-19(8-4-17)15-27-25(29)22-13-21-14-23(11-12-24(21)31-16-22)28-26(30)20-9-5-18(2)6-10-20/h3-12,14,22H,13,15-16H2,1-2H3,(H,27,29)(H,28,30)/t22-/m0/s1. The Balaban J connectivity index is 1.38. The molecule has 0 aliphatic carbocycles. The Labute approximate surface area is 182 Å². The third kappa shape index (κ3) is 5.12. The molecule has 0 aromatic heterocycles. The molecular weight excluding hydrogens is 388 g/mol. The Morgan fingerprint density at radius 2 is 1.61 bits per heavy atom. The molecule has 0 bridgehead atoms. The number of nitrogens with one attached hydrogen (secondary N) is 2. The molecule has 0 saturated carbocycles. The Bertz CT molecular complexity index is 1090. The van der Waals surface area contributed by atoms with Crippen LogP contribution in [-0.4, -0.2) is 18.4 Å². The summed E-state index contributed by atoms with van der Waals surface area (Å²) < 4.78 is 5.81. The van der Waals surface area contributed by atoms with Crippen molar-refractivity contribution in [3.63, 3.8) is 0 Å². The molecule has 1 heterocycles. The zero-order valence-electron chi connectivity index (χ0n) is 17.8. The molecule has 2 N–H and O–H groups in total. The first kappa shape index (κ1) is 20.7. The summed E-state index contributed by atoms with van der Waals surface area (Å²) in [5.41, 5.74) is 5.58. The molecule has 2 amide bonds. The van der Waals surface area contributed by atoms with E-state index in [-0.39, 0.29) is 17.7 Å². The topological polar surface area (TPSA) is 67.4 Å². The van der Waals surface area contributed by atoms with Crippen LogP contribution in [-0.2, 0) is 17.8 Å². The molecule has 1 aliphatic rings. The van der Waals surface area contributed by atoms with E-state index in [2.05, 4.69) is 10.6 Å². The third-order valence-electron chi connectivity index (χ3n) is 5.50. The predicted octanol–water partition coefficient (Wildman–Crippen LogP) is 4.42. The van der Waals surface area contributed by atoms with Crippen LogP contribution in [0.2, 0.25) is 0 Å². The van der Waals surface area contributed by atoms with Crippen LogP contribution in [0, 0.1) is 19.8 Å². The van der Waals surface area contributed by atoms with Crippen molar-refractivity contribution < 1.29 is 14.3 Å². The fourth-order valence-electron chi connectivity index (χ4n) is 3.59. The van der Waals surface area contributed by atoms with Gasteiger partial charge in [0.2, 0.25) is 5.91 Å². The maximum Gasteiger partial charge on any atom is 0.255 e. The van der Waals surface area contributed by atoms with E-state index in [9.17, 15) is 9.59 Å². The van der Waals surface area contributed by atoms with Crippen molar-refractivity contribution in [2.75, 3.05) is 11.9 Å². The van der Waals surface area contributed by atoms with Crippen LogP contribution in [0.1, 0.15) is 32.6 Å². The second-order valence-corrected chi connectivity index (χ2v) is 8.06. The Morgan fingerprint density at radius 1 is 0.935 bits per heavy atom. The quantitative estimate of drug-likeness (QED) is 0.649. The number of amides is 2. The van der Waals surface area contributed by atoms with Gasteiger partial charge in [-0.3, -0.25) is 9.59 Å². The average Bonchev–Trinajstić information content (AvgIpc) is 2.78. The Kier molecular flexibility index (Phi) is 6.03. The summed E-state index contributed by atoms with van der Waals surface area (Å²) in [7, 11) is 0. The van der Waals surface area contributed by atoms with Crippen molar-refractivity contribution in [2.45, 2.75) is 26.8 Å². The lowest BCUT2D eigenvalue weighted by Crippen LogP contribution is -2.37. The summed E-state index contributed by atoms with van der Waals surface area (Å²) in [6.07, 6.45) is 0.573. The van der Waals surface area contributed by atoms with Gasteiger partial charge in [-0.1, -0.05) is 47.5 Å². The summed E-state index contributed by atoms with van der Waals surface area (Å²) in [6.45, 7) is 4.87. The number of carbonyl (C=O) groups is 2. The summed E-state index contributed by atoms with van der Waals surface area (Å²) in [5.74, 6) is 0.307. The van der Waals surface area contributed by atoms with Crippen molar-refractivity contribution in [3.05, 3.63) is 94.5 Å². The number of hydrogen-bond donors (Lipinski definition) is 2. The minimum absolute atomic E-state index is 0.0275. The number of ether oxygens (including phenoxy) is 1. The van der Waals surface area contributed by atoms with Gasteiger partial charge < -0.3 is 15.4 Å². The highest BCUT2D eigenvalue weighted by Gasteiger charge is 2.26. The van der Waals surface area contributed by atoms with Crippen LogP contribution < -0.4 is 15.4 Å². The molecule has 0 fully saturated rings. The largest absolute Gasteiger partial charge is 0.492 e. The van der Waals surface area contributed by atoms with Crippen LogP contribution in [0.4, 0.5) is 5.69 Å². The SMILES string of the molecule is Cc1ccc(CNC(=O)[C@@H]2COc3ccc(NC(=O)c4ccc(C)cc4)cc3C2)cc1. The summed E-state index contributed by atoms with van der Waals surface area (Å²) >= 11 is 0. The number of hydrogen-bond acceptors (Lipinski definition) is 3. The van der Waals surface area contributed by atoms with E-state index in [1.54, 1.807) is 12.1 Å². The zero-order chi connectivity index (χ0) is 21.8. The Hall–Kier alpha value is -3.60. The molecule has 0 saturated heterocycles. The molecular formula is C26H26N2O3.